The van der Waals surface area contributed by atoms with Gasteiger partial charge >= 0.3 is 0 Å². The van der Waals surface area contributed by atoms with Crippen molar-refractivity contribution in [3.8, 4) is 0 Å². The third-order valence-corrected chi connectivity index (χ3v) is 8.50. The monoisotopic (exact) mass is 518 g/mol. The largest absolute Gasteiger partial charge is 0.280 e. The predicted molar refractivity (Wildman–Crippen MR) is 131 cm³/mol. The zero-order valence-electron chi connectivity index (χ0n) is 18.4. The first-order valence-electron chi connectivity index (χ1n) is 10.3. The zero-order chi connectivity index (χ0) is 24.5. The van der Waals surface area contributed by atoms with Gasteiger partial charge in [-0.15, -0.1) is 4.83 Å². The number of halogens is 1. The van der Waals surface area contributed by atoms with E-state index in [2.05, 4.69) is 15.4 Å². The van der Waals surface area contributed by atoms with Crippen molar-refractivity contribution in [2.24, 2.45) is 5.10 Å². The van der Waals surface area contributed by atoms with Crippen LogP contribution in [0.15, 0.2) is 87.7 Å². The van der Waals surface area contributed by atoms with Crippen molar-refractivity contribution < 1.29 is 16.8 Å². The lowest BCUT2D eigenvalue weighted by Gasteiger charge is -2.24. The van der Waals surface area contributed by atoms with Crippen LogP contribution in [-0.4, -0.2) is 33.1 Å². The highest BCUT2D eigenvalue weighted by Crippen LogP contribution is 2.27. The van der Waals surface area contributed by atoms with Gasteiger partial charge in [0, 0.05) is 11.4 Å². The average Bonchev–Trinajstić information content (AvgIpc) is 3.24. The molecule has 0 saturated carbocycles. The highest BCUT2D eigenvalue weighted by molar-refractivity contribution is 7.89. The molecule has 8 nitrogen and oxygen atoms in total. The molecule has 34 heavy (non-hydrogen) atoms. The molecular formula is C23H23ClN4O4S2. The molecule has 178 valence electrons. The van der Waals surface area contributed by atoms with Crippen LogP contribution in [0.25, 0.3) is 0 Å². The van der Waals surface area contributed by atoms with Gasteiger partial charge in [0.25, 0.3) is 20.0 Å². The van der Waals surface area contributed by atoms with Crippen LogP contribution >= 0.6 is 11.6 Å². The SMILES string of the molecule is Cc1ccc(S(=O)(=O)NNC2CC(c3cccc(Cl)c3)=NN2S(=O)(=O)c2ccc(C)cc2)cc1. The molecule has 11 heteroatoms. The molecule has 3 aromatic carbocycles. The van der Waals surface area contributed by atoms with E-state index in [0.717, 1.165) is 15.5 Å². The minimum atomic E-state index is -4.08. The number of hydrogen-bond donors (Lipinski definition) is 2. The first kappa shape index (κ1) is 24.4. The molecule has 0 aromatic heterocycles. The Balaban J connectivity index is 1.65. The third kappa shape index (κ3) is 5.16. The topological polar surface area (TPSA) is 108 Å². The number of hydrazone groups is 1. The van der Waals surface area contributed by atoms with Gasteiger partial charge in [0.15, 0.2) is 0 Å². The number of nitrogens with zero attached hydrogens (tertiary/aromatic N) is 2. The van der Waals surface area contributed by atoms with Crippen molar-refractivity contribution in [1.29, 1.82) is 0 Å². The summed E-state index contributed by atoms with van der Waals surface area (Å²) in [5.41, 5.74) is 5.56. The van der Waals surface area contributed by atoms with Crippen LogP contribution in [0, 0.1) is 13.8 Å². The average molecular weight is 519 g/mol. The summed E-state index contributed by atoms with van der Waals surface area (Å²) in [5, 5.41) is 4.82. The Kier molecular flexibility index (Phi) is 6.79. The first-order valence-corrected chi connectivity index (χ1v) is 13.6. The van der Waals surface area contributed by atoms with Crippen molar-refractivity contribution in [2.45, 2.75) is 36.2 Å². The fourth-order valence-corrected chi connectivity index (χ4v) is 5.86. The van der Waals surface area contributed by atoms with Crippen LogP contribution in [-0.2, 0) is 20.0 Å². The molecule has 2 N–H and O–H groups in total. The summed E-state index contributed by atoms with van der Waals surface area (Å²) >= 11 is 6.10. The second kappa shape index (κ2) is 9.47. The van der Waals surface area contributed by atoms with Crippen molar-refractivity contribution in [2.75, 3.05) is 0 Å². The summed E-state index contributed by atoms with van der Waals surface area (Å²) in [4.78, 5) is 2.39. The molecule has 0 saturated heterocycles. The smallest absolute Gasteiger partial charge is 0.219 e. The number of nitrogens with one attached hydrogen (secondary N) is 2. The van der Waals surface area contributed by atoms with Crippen molar-refractivity contribution in [3.63, 3.8) is 0 Å². The Morgan fingerprint density at radius 1 is 0.882 bits per heavy atom. The quantitative estimate of drug-likeness (QED) is 0.465. The molecule has 1 heterocycles. The van der Waals surface area contributed by atoms with E-state index in [9.17, 15) is 16.8 Å². The number of rotatable bonds is 7. The highest BCUT2D eigenvalue weighted by Gasteiger charge is 2.37. The molecule has 0 bridgehead atoms. The maximum atomic E-state index is 13.4. The number of hydrazine groups is 1. The van der Waals surface area contributed by atoms with Gasteiger partial charge in [-0.2, -0.15) is 17.9 Å². The number of benzene rings is 3. The Bertz CT molecular complexity index is 1440. The molecule has 1 unspecified atom stereocenters. The minimum absolute atomic E-state index is 0.0439. The molecule has 3 aromatic rings. The van der Waals surface area contributed by atoms with Crippen LogP contribution in [0.1, 0.15) is 23.1 Å². The summed E-state index contributed by atoms with van der Waals surface area (Å²) in [7, 11) is -8.03. The summed E-state index contributed by atoms with van der Waals surface area (Å²) < 4.78 is 53.2. The third-order valence-electron chi connectivity index (χ3n) is 5.29. The lowest BCUT2D eigenvalue weighted by molar-refractivity contribution is 0.301. The van der Waals surface area contributed by atoms with Crippen LogP contribution in [0.2, 0.25) is 5.02 Å². The molecular weight excluding hydrogens is 496 g/mol. The summed E-state index contributed by atoms with van der Waals surface area (Å²) in [6, 6.07) is 19.5. The van der Waals surface area contributed by atoms with Gasteiger partial charge < -0.3 is 0 Å². The summed E-state index contributed by atoms with van der Waals surface area (Å²) in [5.74, 6) is 0. The molecule has 1 atom stereocenters. The van der Waals surface area contributed by atoms with E-state index in [1.54, 1.807) is 48.5 Å². The fourth-order valence-electron chi connectivity index (χ4n) is 3.40. The standard InChI is InChI=1S/C23H23ClN4O4S2/c1-16-6-10-20(11-7-16)33(29,30)27-25-23-15-22(18-4-3-5-19(24)14-18)26-28(23)34(31,32)21-12-8-17(2)9-13-21/h3-14,23,25,27H,15H2,1-2H3. The van der Waals surface area contributed by atoms with Crippen molar-refractivity contribution >= 4 is 37.4 Å². The van der Waals surface area contributed by atoms with Crippen molar-refractivity contribution in [3.05, 3.63) is 94.5 Å². The van der Waals surface area contributed by atoms with Gasteiger partial charge in [-0.05, 0) is 55.8 Å². The van der Waals surface area contributed by atoms with E-state index in [0.29, 0.717) is 16.3 Å². The predicted octanol–water partition coefficient (Wildman–Crippen LogP) is 3.56. The van der Waals surface area contributed by atoms with E-state index in [-0.39, 0.29) is 16.2 Å². The van der Waals surface area contributed by atoms with Crippen LogP contribution in [0.3, 0.4) is 0 Å². The van der Waals surface area contributed by atoms with E-state index in [1.165, 1.54) is 24.3 Å². The number of aryl methyl sites for hydroxylation is 2. The molecule has 0 spiro atoms. The zero-order valence-corrected chi connectivity index (χ0v) is 20.8. The summed E-state index contributed by atoms with van der Waals surface area (Å²) in [6.07, 6.45) is -0.887. The van der Waals surface area contributed by atoms with E-state index in [1.807, 2.05) is 13.8 Å². The van der Waals surface area contributed by atoms with E-state index < -0.39 is 26.2 Å². The Morgan fingerprint density at radius 3 is 2.06 bits per heavy atom. The maximum Gasteiger partial charge on any atom is 0.280 e. The minimum Gasteiger partial charge on any atom is -0.219 e. The normalized spacial score (nSPS) is 16.5. The van der Waals surface area contributed by atoms with Gasteiger partial charge in [-0.1, -0.05) is 59.1 Å². The van der Waals surface area contributed by atoms with Gasteiger partial charge in [-0.3, -0.25) is 0 Å². The molecule has 0 aliphatic carbocycles. The Hall–Kier alpha value is -2.76. The molecule has 1 aliphatic heterocycles. The van der Waals surface area contributed by atoms with Gasteiger partial charge in [-0.25, -0.2) is 13.8 Å². The second-order valence-corrected chi connectivity index (χ2v) is 11.8. The molecule has 0 radical (unpaired) electrons. The lowest BCUT2D eigenvalue weighted by atomic mass is 10.1. The maximum absolute atomic E-state index is 13.4. The fraction of sp³-hybridized carbons (Fsp3) is 0.174. The van der Waals surface area contributed by atoms with Crippen molar-refractivity contribution in [1.82, 2.24) is 14.7 Å². The Morgan fingerprint density at radius 2 is 1.47 bits per heavy atom. The lowest BCUT2D eigenvalue weighted by Crippen LogP contribution is -2.51. The van der Waals surface area contributed by atoms with Crippen LogP contribution in [0.4, 0.5) is 0 Å². The molecule has 0 amide bonds. The molecule has 4 rings (SSSR count). The number of sulfonamides is 2. The van der Waals surface area contributed by atoms with Gasteiger partial charge in [0.1, 0.15) is 6.17 Å². The van der Waals surface area contributed by atoms with E-state index in [4.69, 9.17) is 11.6 Å². The van der Waals surface area contributed by atoms with Gasteiger partial charge in [0.05, 0.1) is 15.5 Å². The van der Waals surface area contributed by atoms with E-state index >= 15 is 0 Å². The van der Waals surface area contributed by atoms with Crippen LogP contribution in [0.5, 0.6) is 0 Å². The first-order chi connectivity index (χ1) is 16.1. The second-order valence-electron chi connectivity index (χ2n) is 7.93. The van der Waals surface area contributed by atoms with Gasteiger partial charge in [0.2, 0.25) is 0 Å². The number of hydrogen-bond acceptors (Lipinski definition) is 6. The highest BCUT2D eigenvalue weighted by atomic mass is 35.5. The van der Waals surface area contributed by atoms with Crippen LogP contribution < -0.4 is 10.3 Å². The summed E-state index contributed by atoms with van der Waals surface area (Å²) in [6.45, 7) is 3.70. The molecule has 1 aliphatic rings. The Labute approximate surface area is 204 Å². The molecule has 0 fully saturated rings.